The first-order valence-electron chi connectivity index (χ1n) is 5.17. The lowest BCUT2D eigenvalue weighted by Gasteiger charge is -2.01. The van der Waals surface area contributed by atoms with E-state index in [-0.39, 0.29) is 17.1 Å². The topological polar surface area (TPSA) is 75.3 Å². The van der Waals surface area contributed by atoms with Crippen LogP contribution >= 0.6 is 11.8 Å². The van der Waals surface area contributed by atoms with Crippen molar-refractivity contribution in [1.29, 1.82) is 0 Å². The number of nitrogens with one attached hydrogen (secondary N) is 2. The van der Waals surface area contributed by atoms with Crippen LogP contribution < -0.4 is 10.6 Å². The van der Waals surface area contributed by atoms with E-state index in [2.05, 4.69) is 10.6 Å². The average Bonchev–Trinajstić information content (AvgIpc) is 2.59. The summed E-state index contributed by atoms with van der Waals surface area (Å²) in [6.45, 7) is 1.43. The van der Waals surface area contributed by atoms with E-state index >= 15 is 0 Å². The minimum Gasteiger partial charge on any atom is -0.326 e. The van der Waals surface area contributed by atoms with Crippen LogP contribution in [-0.4, -0.2) is 17.1 Å². The van der Waals surface area contributed by atoms with Gasteiger partial charge in [0.15, 0.2) is 0 Å². The maximum Gasteiger partial charge on any atom is 0.290 e. The molecular formula is C12H10N2O3S. The molecule has 1 aromatic rings. The molecule has 0 radical (unpaired) electrons. The highest BCUT2D eigenvalue weighted by Crippen LogP contribution is 2.25. The second kappa shape index (κ2) is 5.05. The lowest BCUT2D eigenvalue weighted by molar-refractivity contribution is -0.115. The number of carbonyl (C=O) groups is 3. The molecule has 1 aliphatic heterocycles. The molecule has 0 aromatic heterocycles. The van der Waals surface area contributed by atoms with Gasteiger partial charge in [-0.2, -0.15) is 0 Å². The van der Waals surface area contributed by atoms with Crippen LogP contribution in [0.2, 0.25) is 0 Å². The maximum absolute atomic E-state index is 11.3. The minimum atomic E-state index is -0.379. The normalized spacial score (nSPS) is 16.8. The highest BCUT2D eigenvalue weighted by atomic mass is 32.2. The highest BCUT2D eigenvalue weighted by Gasteiger charge is 2.24. The molecule has 18 heavy (non-hydrogen) atoms. The van der Waals surface area contributed by atoms with Gasteiger partial charge in [0.1, 0.15) is 0 Å². The van der Waals surface area contributed by atoms with Crippen molar-refractivity contribution in [1.82, 2.24) is 5.32 Å². The van der Waals surface area contributed by atoms with Gasteiger partial charge < -0.3 is 5.32 Å². The van der Waals surface area contributed by atoms with Crippen molar-refractivity contribution in [3.63, 3.8) is 0 Å². The molecule has 5 nitrogen and oxygen atoms in total. The van der Waals surface area contributed by atoms with Gasteiger partial charge in [0, 0.05) is 12.6 Å². The van der Waals surface area contributed by atoms with Gasteiger partial charge in [-0.25, -0.2) is 0 Å². The lowest BCUT2D eigenvalue weighted by atomic mass is 10.2. The first-order chi connectivity index (χ1) is 8.54. The van der Waals surface area contributed by atoms with Crippen molar-refractivity contribution in [3.8, 4) is 0 Å². The number of benzene rings is 1. The molecule has 3 amide bonds. The average molecular weight is 262 g/mol. The number of hydrogen-bond acceptors (Lipinski definition) is 4. The number of hydrogen-bond donors (Lipinski definition) is 2. The Balaban J connectivity index is 2.15. The molecule has 1 fully saturated rings. The molecule has 0 bridgehead atoms. The van der Waals surface area contributed by atoms with Crippen molar-refractivity contribution < 1.29 is 14.4 Å². The van der Waals surface area contributed by atoms with Crippen molar-refractivity contribution >= 4 is 40.6 Å². The largest absolute Gasteiger partial charge is 0.326 e. The Hall–Kier alpha value is -2.08. The summed E-state index contributed by atoms with van der Waals surface area (Å²) in [6, 6.07) is 6.98. The summed E-state index contributed by atoms with van der Waals surface area (Å²) in [7, 11) is 0. The van der Waals surface area contributed by atoms with Gasteiger partial charge in [0.2, 0.25) is 5.91 Å². The van der Waals surface area contributed by atoms with E-state index in [0.29, 0.717) is 10.6 Å². The number of rotatable bonds is 2. The second-order valence-corrected chi connectivity index (χ2v) is 4.67. The van der Waals surface area contributed by atoms with Crippen molar-refractivity contribution in [2.75, 3.05) is 5.32 Å². The molecule has 2 N–H and O–H groups in total. The van der Waals surface area contributed by atoms with E-state index in [1.165, 1.54) is 6.92 Å². The van der Waals surface area contributed by atoms with Gasteiger partial charge in [-0.05, 0) is 35.5 Å². The predicted molar refractivity (Wildman–Crippen MR) is 69.9 cm³/mol. The zero-order valence-corrected chi connectivity index (χ0v) is 10.3. The molecule has 0 atom stereocenters. The van der Waals surface area contributed by atoms with Gasteiger partial charge in [-0.1, -0.05) is 12.1 Å². The summed E-state index contributed by atoms with van der Waals surface area (Å²) >= 11 is 0.875. The monoisotopic (exact) mass is 262 g/mol. The van der Waals surface area contributed by atoms with Crippen molar-refractivity contribution in [2.24, 2.45) is 0 Å². The lowest BCUT2D eigenvalue weighted by Crippen LogP contribution is -2.17. The Labute approximate surface area is 108 Å². The minimum absolute atomic E-state index is 0.141. The Kier molecular flexibility index (Phi) is 3.47. The number of anilines is 1. The van der Waals surface area contributed by atoms with Gasteiger partial charge in [0.05, 0.1) is 4.91 Å². The predicted octanol–water partition coefficient (Wildman–Crippen LogP) is 1.97. The number of carbonyl (C=O) groups excluding carboxylic acids is 3. The fraction of sp³-hybridized carbons (Fsp3) is 0.0833. The van der Waals surface area contributed by atoms with E-state index in [1.54, 1.807) is 30.3 Å². The van der Waals surface area contributed by atoms with Crippen molar-refractivity contribution in [3.05, 3.63) is 34.7 Å². The molecule has 1 aromatic carbocycles. The summed E-state index contributed by atoms with van der Waals surface area (Å²) in [5.74, 6) is -0.520. The first kappa shape index (κ1) is 12.4. The molecular weight excluding hydrogens is 252 g/mol. The molecule has 0 spiro atoms. The van der Waals surface area contributed by atoms with Crippen LogP contribution in [0.25, 0.3) is 6.08 Å². The van der Waals surface area contributed by atoms with E-state index in [9.17, 15) is 14.4 Å². The number of amides is 3. The third-order valence-corrected chi connectivity index (χ3v) is 2.98. The summed E-state index contributed by atoms with van der Waals surface area (Å²) in [5, 5.41) is 4.47. The molecule has 6 heteroatoms. The van der Waals surface area contributed by atoms with E-state index in [1.807, 2.05) is 0 Å². The van der Waals surface area contributed by atoms with E-state index in [0.717, 1.165) is 17.3 Å². The zero-order valence-electron chi connectivity index (χ0n) is 9.52. The Morgan fingerprint density at radius 3 is 2.44 bits per heavy atom. The van der Waals surface area contributed by atoms with E-state index < -0.39 is 0 Å². The fourth-order valence-electron chi connectivity index (χ4n) is 1.44. The summed E-state index contributed by atoms with van der Waals surface area (Å²) in [6.07, 6.45) is 1.63. The molecule has 1 aliphatic rings. The Morgan fingerprint density at radius 2 is 1.94 bits per heavy atom. The first-order valence-corrected chi connectivity index (χ1v) is 5.99. The van der Waals surface area contributed by atoms with Crippen LogP contribution in [0.15, 0.2) is 29.2 Å². The van der Waals surface area contributed by atoms with Crippen LogP contribution in [0, 0.1) is 0 Å². The van der Waals surface area contributed by atoms with Crippen molar-refractivity contribution in [2.45, 2.75) is 6.92 Å². The molecule has 0 saturated carbocycles. The van der Waals surface area contributed by atoms with Crippen LogP contribution in [0.1, 0.15) is 12.5 Å². The Bertz CT molecular complexity index is 549. The number of thioether (sulfide) groups is 1. The van der Waals surface area contributed by atoms with Gasteiger partial charge >= 0.3 is 0 Å². The SMILES string of the molecule is CC(=O)Nc1ccc(C=C2SC(=O)NC2=O)cc1. The Morgan fingerprint density at radius 1 is 1.28 bits per heavy atom. The summed E-state index contributed by atoms with van der Waals surface area (Å²) < 4.78 is 0. The van der Waals surface area contributed by atoms with Crippen LogP contribution in [0.4, 0.5) is 10.5 Å². The van der Waals surface area contributed by atoms with Gasteiger partial charge in [-0.15, -0.1) is 0 Å². The smallest absolute Gasteiger partial charge is 0.290 e. The van der Waals surface area contributed by atoms with Crippen LogP contribution in [-0.2, 0) is 9.59 Å². The molecule has 1 saturated heterocycles. The number of imide groups is 1. The van der Waals surface area contributed by atoms with Gasteiger partial charge in [-0.3, -0.25) is 19.7 Å². The zero-order chi connectivity index (χ0) is 13.1. The molecule has 1 heterocycles. The third-order valence-electron chi connectivity index (χ3n) is 2.17. The third kappa shape index (κ3) is 2.98. The molecule has 0 unspecified atom stereocenters. The van der Waals surface area contributed by atoms with Crippen LogP contribution in [0.5, 0.6) is 0 Å². The fourth-order valence-corrected chi connectivity index (χ4v) is 2.12. The summed E-state index contributed by atoms with van der Waals surface area (Å²) in [5.41, 5.74) is 1.47. The van der Waals surface area contributed by atoms with Gasteiger partial charge in [0.25, 0.3) is 11.1 Å². The quantitative estimate of drug-likeness (QED) is 0.799. The molecule has 0 aliphatic carbocycles. The maximum atomic E-state index is 11.3. The second-order valence-electron chi connectivity index (χ2n) is 3.66. The summed E-state index contributed by atoms with van der Waals surface area (Å²) in [4.78, 5) is 33.5. The molecule has 92 valence electrons. The van der Waals surface area contributed by atoms with E-state index in [4.69, 9.17) is 0 Å². The van der Waals surface area contributed by atoms with Crippen LogP contribution in [0.3, 0.4) is 0 Å². The highest BCUT2D eigenvalue weighted by molar-refractivity contribution is 8.18. The standard InChI is InChI=1S/C12H10N2O3S/c1-7(15)13-9-4-2-8(3-5-9)6-10-11(16)14-12(17)18-10/h2-6H,1H3,(H,13,15)(H,14,16,17). The molecule has 2 rings (SSSR count).